The average molecular weight is 270 g/mol. The van der Waals surface area contributed by atoms with Crippen LogP contribution in [0.4, 0.5) is 0 Å². The van der Waals surface area contributed by atoms with Crippen LogP contribution in [0, 0.1) is 0 Å². The molecule has 2 unspecified atom stereocenters. The molecule has 0 aliphatic carbocycles. The van der Waals surface area contributed by atoms with Crippen LogP contribution in [-0.2, 0) is 16.3 Å². The second kappa shape index (κ2) is 5.34. The zero-order chi connectivity index (χ0) is 13.2. The van der Waals surface area contributed by atoms with Crippen LogP contribution in [0.3, 0.4) is 0 Å². The average Bonchev–Trinajstić information content (AvgIpc) is 2.61. The zero-order valence-corrected chi connectivity index (χ0v) is 11.2. The van der Waals surface area contributed by atoms with Gasteiger partial charge in [-0.05, 0) is 31.2 Å². The summed E-state index contributed by atoms with van der Waals surface area (Å²) in [5.74, 6) is -0.0573. The van der Waals surface area contributed by atoms with Crippen molar-refractivity contribution in [2.24, 2.45) is 0 Å². The molecule has 0 amide bonds. The molecule has 1 N–H and O–H groups in total. The Morgan fingerprint density at radius 3 is 2.61 bits per heavy atom. The third-order valence-corrected chi connectivity index (χ3v) is 5.06. The Morgan fingerprint density at radius 1 is 1.39 bits per heavy atom. The van der Waals surface area contributed by atoms with E-state index in [1.165, 1.54) is 0 Å². The summed E-state index contributed by atoms with van der Waals surface area (Å²) in [4.78, 5) is 5.87. The minimum absolute atomic E-state index is 0.0566. The molecule has 2 atom stereocenters. The highest BCUT2D eigenvalue weighted by Crippen LogP contribution is 2.17. The van der Waals surface area contributed by atoms with Gasteiger partial charge in [0.1, 0.15) is 0 Å². The Morgan fingerprint density at radius 2 is 2.06 bits per heavy atom. The van der Waals surface area contributed by atoms with Crippen LogP contribution in [0.25, 0.3) is 0 Å². The maximum atomic E-state index is 11.4. The maximum Gasteiger partial charge on any atom is 0.154 e. The summed E-state index contributed by atoms with van der Waals surface area (Å²) < 4.78 is 22.9. The molecule has 18 heavy (non-hydrogen) atoms. The number of sulfone groups is 1. The number of likely N-dealkylation sites (N-methyl/N-ethyl adjacent to an activating group) is 1. The van der Waals surface area contributed by atoms with Gasteiger partial charge in [-0.25, -0.2) is 8.42 Å². The number of aliphatic hydroxyl groups excluding tert-OH is 1. The lowest BCUT2D eigenvalue weighted by Crippen LogP contribution is -2.41. The lowest BCUT2D eigenvalue weighted by molar-refractivity contribution is 0.100. The van der Waals surface area contributed by atoms with Crippen molar-refractivity contribution >= 4 is 9.84 Å². The van der Waals surface area contributed by atoms with Crippen LogP contribution < -0.4 is 0 Å². The predicted octanol–water partition coefficient (Wildman–Crippen LogP) is -0.286. The Labute approximate surface area is 107 Å². The molecule has 1 saturated heterocycles. The summed E-state index contributed by atoms with van der Waals surface area (Å²) >= 11 is 0. The summed E-state index contributed by atoms with van der Waals surface area (Å²) in [5, 5.41) is 9.76. The molecular formula is C12H18N2O3S. The molecule has 0 aromatic carbocycles. The lowest BCUT2D eigenvalue weighted by Gasteiger charge is -2.25. The normalized spacial score (nSPS) is 26.6. The van der Waals surface area contributed by atoms with Gasteiger partial charge in [0.25, 0.3) is 0 Å². The van der Waals surface area contributed by atoms with Crippen LogP contribution in [-0.4, -0.2) is 60.7 Å². The second-order valence-corrected chi connectivity index (χ2v) is 6.95. The van der Waals surface area contributed by atoms with Crippen LogP contribution in [0.1, 0.15) is 5.56 Å². The fraction of sp³-hybridized carbons (Fsp3) is 0.583. The molecule has 0 bridgehead atoms. The summed E-state index contributed by atoms with van der Waals surface area (Å²) in [6.07, 6.45) is 3.54. The molecule has 1 aromatic heterocycles. The first kappa shape index (κ1) is 13.5. The van der Waals surface area contributed by atoms with Gasteiger partial charge in [-0.15, -0.1) is 0 Å². The Balaban J connectivity index is 1.91. The van der Waals surface area contributed by atoms with Crippen LogP contribution in [0.5, 0.6) is 0 Å². The van der Waals surface area contributed by atoms with E-state index in [0.717, 1.165) is 18.5 Å². The molecule has 5 nitrogen and oxygen atoms in total. The fourth-order valence-electron chi connectivity index (χ4n) is 2.25. The minimum atomic E-state index is -3.07. The van der Waals surface area contributed by atoms with Gasteiger partial charge in [0, 0.05) is 18.9 Å². The summed E-state index contributed by atoms with van der Waals surface area (Å²) in [7, 11) is -1.22. The molecule has 0 radical (unpaired) electrons. The molecule has 2 heterocycles. The monoisotopic (exact) mass is 270 g/mol. The summed E-state index contributed by atoms with van der Waals surface area (Å²) in [5.41, 5.74) is 1.16. The molecule has 100 valence electrons. The predicted molar refractivity (Wildman–Crippen MR) is 69.0 cm³/mol. The fourth-order valence-corrected chi connectivity index (χ4v) is 4.13. The van der Waals surface area contributed by atoms with E-state index in [2.05, 4.69) is 4.98 Å². The second-order valence-electron chi connectivity index (χ2n) is 4.80. The molecule has 0 spiro atoms. The molecule has 0 saturated carbocycles. The van der Waals surface area contributed by atoms with Crippen LogP contribution >= 0.6 is 0 Å². The third-order valence-electron chi connectivity index (χ3n) is 3.36. The van der Waals surface area contributed by atoms with Crippen molar-refractivity contribution in [1.29, 1.82) is 0 Å². The third kappa shape index (κ3) is 3.28. The number of hydrogen-bond donors (Lipinski definition) is 1. The van der Waals surface area contributed by atoms with E-state index in [1.54, 1.807) is 12.4 Å². The molecule has 1 aliphatic rings. The van der Waals surface area contributed by atoms with E-state index in [4.69, 9.17) is 0 Å². The smallest absolute Gasteiger partial charge is 0.154 e. The standard InChI is InChI=1S/C12H18N2O3S/c1-14(7-4-10-2-5-13-6-3-10)11-8-18(16,17)9-12(11)15/h2-3,5-6,11-12,15H,4,7-9H2,1H3. The van der Waals surface area contributed by atoms with Gasteiger partial charge in [-0.1, -0.05) is 0 Å². The van der Waals surface area contributed by atoms with E-state index in [0.29, 0.717) is 0 Å². The number of hydrogen-bond acceptors (Lipinski definition) is 5. The SMILES string of the molecule is CN(CCc1ccncc1)C1CS(=O)(=O)CC1O. The van der Waals surface area contributed by atoms with Gasteiger partial charge in [0.2, 0.25) is 0 Å². The van der Waals surface area contributed by atoms with E-state index < -0.39 is 15.9 Å². The topological polar surface area (TPSA) is 70.5 Å². The Hall–Kier alpha value is -0.980. The van der Waals surface area contributed by atoms with Crippen molar-refractivity contribution in [1.82, 2.24) is 9.88 Å². The Bertz CT molecular complexity index is 489. The number of aliphatic hydroxyl groups is 1. The first-order chi connectivity index (χ1) is 8.48. The van der Waals surface area contributed by atoms with Crippen LogP contribution in [0.2, 0.25) is 0 Å². The number of pyridine rings is 1. The molecule has 6 heteroatoms. The van der Waals surface area contributed by atoms with E-state index in [1.807, 2.05) is 24.1 Å². The van der Waals surface area contributed by atoms with Gasteiger partial charge in [0.15, 0.2) is 9.84 Å². The summed E-state index contributed by atoms with van der Waals surface area (Å²) in [6.45, 7) is 0.723. The van der Waals surface area contributed by atoms with Crippen molar-refractivity contribution in [3.8, 4) is 0 Å². The Kier molecular flexibility index (Phi) is 3.99. The van der Waals surface area contributed by atoms with Gasteiger partial charge in [-0.3, -0.25) is 9.88 Å². The first-order valence-corrected chi connectivity index (χ1v) is 7.78. The maximum absolute atomic E-state index is 11.4. The van der Waals surface area contributed by atoms with Crippen molar-refractivity contribution in [2.75, 3.05) is 25.1 Å². The highest BCUT2D eigenvalue weighted by molar-refractivity contribution is 7.91. The van der Waals surface area contributed by atoms with E-state index in [-0.39, 0.29) is 17.5 Å². The van der Waals surface area contributed by atoms with Crippen molar-refractivity contribution in [3.05, 3.63) is 30.1 Å². The number of aromatic nitrogens is 1. The van der Waals surface area contributed by atoms with Crippen molar-refractivity contribution in [3.63, 3.8) is 0 Å². The summed E-state index contributed by atoms with van der Waals surface area (Å²) in [6, 6.07) is 3.60. The first-order valence-electron chi connectivity index (χ1n) is 5.95. The van der Waals surface area contributed by atoms with Gasteiger partial charge < -0.3 is 5.11 Å². The quantitative estimate of drug-likeness (QED) is 0.814. The van der Waals surface area contributed by atoms with Gasteiger partial charge in [-0.2, -0.15) is 0 Å². The largest absolute Gasteiger partial charge is 0.390 e. The lowest BCUT2D eigenvalue weighted by atomic mass is 10.1. The number of nitrogens with zero attached hydrogens (tertiary/aromatic N) is 2. The highest BCUT2D eigenvalue weighted by atomic mass is 32.2. The van der Waals surface area contributed by atoms with E-state index >= 15 is 0 Å². The molecular weight excluding hydrogens is 252 g/mol. The van der Waals surface area contributed by atoms with E-state index in [9.17, 15) is 13.5 Å². The van der Waals surface area contributed by atoms with Gasteiger partial charge in [0.05, 0.1) is 23.7 Å². The molecule has 1 aromatic rings. The number of rotatable bonds is 4. The van der Waals surface area contributed by atoms with Crippen molar-refractivity contribution in [2.45, 2.75) is 18.6 Å². The molecule has 2 rings (SSSR count). The van der Waals surface area contributed by atoms with Gasteiger partial charge >= 0.3 is 0 Å². The van der Waals surface area contributed by atoms with Crippen molar-refractivity contribution < 1.29 is 13.5 Å². The highest BCUT2D eigenvalue weighted by Gasteiger charge is 2.38. The molecule has 1 aliphatic heterocycles. The zero-order valence-electron chi connectivity index (χ0n) is 10.4. The molecule has 1 fully saturated rings. The minimum Gasteiger partial charge on any atom is -0.390 e. The van der Waals surface area contributed by atoms with Crippen LogP contribution in [0.15, 0.2) is 24.5 Å².